The zero-order valence-corrected chi connectivity index (χ0v) is 8.00. The summed E-state index contributed by atoms with van der Waals surface area (Å²) in [6, 6.07) is 2.67. The SMILES string of the molecule is CCc1c(C(=O)O)ccc(OC)c1F. The van der Waals surface area contributed by atoms with E-state index in [-0.39, 0.29) is 16.9 Å². The molecule has 76 valence electrons. The van der Waals surface area contributed by atoms with Crippen molar-refractivity contribution in [3.05, 3.63) is 29.1 Å². The molecule has 0 saturated carbocycles. The van der Waals surface area contributed by atoms with Gasteiger partial charge in [0.1, 0.15) is 0 Å². The summed E-state index contributed by atoms with van der Waals surface area (Å²) in [5.74, 6) is -1.63. The van der Waals surface area contributed by atoms with Gasteiger partial charge in [-0.3, -0.25) is 0 Å². The summed E-state index contributed by atoms with van der Waals surface area (Å²) in [6.45, 7) is 1.70. The van der Waals surface area contributed by atoms with E-state index in [1.807, 2.05) is 0 Å². The van der Waals surface area contributed by atoms with Crippen LogP contribution in [0.15, 0.2) is 12.1 Å². The van der Waals surface area contributed by atoms with E-state index in [9.17, 15) is 9.18 Å². The highest BCUT2D eigenvalue weighted by Crippen LogP contribution is 2.24. The van der Waals surface area contributed by atoms with Crippen molar-refractivity contribution in [1.29, 1.82) is 0 Å². The molecule has 0 amide bonds. The molecule has 1 N–H and O–H groups in total. The molecular weight excluding hydrogens is 187 g/mol. The first kappa shape index (κ1) is 10.5. The molecule has 0 atom stereocenters. The normalized spacial score (nSPS) is 9.93. The van der Waals surface area contributed by atoms with E-state index in [2.05, 4.69) is 0 Å². The molecule has 0 spiro atoms. The van der Waals surface area contributed by atoms with E-state index in [0.29, 0.717) is 6.42 Å². The van der Waals surface area contributed by atoms with Crippen LogP contribution in [-0.4, -0.2) is 18.2 Å². The van der Waals surface area contributed by atoms with Gasteiger partial charge in [-0.25, -0.2) is 9.18 Å². The van der Waals surface area contributed by atoms with Gasteiger partial charge in [0.25, 0.3) is 0 Å². The van der Waals surface area contributed by atoms with Crippen molar-refractivity contribution in [2.75, 3.05) is 7.11 Å². The summed E-state index contributed by atoms with van der Waals surface area (Å²) in [5, 5.41) is 8.78. The van der Waals surface area contributed by atoms with Gasteiger partial charge in [0.2, 0.25) is 0 Å². The Hall–Kier alpha value is -1.58. The summed E-state index contributed by atoms with van der Waals surface area (Å²) < 4.78 is 18.3. The number of carbonyl (C=O) groups is 1. The molecule has 0 aromatic heterocycles. The van der Waals surface area contributed by atoms with Crippen molar-refractivity contribution in [2.24, 2.45) is 0 Å². The van der Waals surface area contributed by atoms with E-state index in [0.717, 1.165) is 0 Å². The molecular formula is C10H11FO3. The third kappa shape index (κ3) is 1.69. The number of halogens is 1. The first-order valence-electron chi connectivity index (χ1n) is 4.20. The van der Waals surface area contributed by atoms with E-state index in [1.54, 1.807) is 6.92 Å². The molecule has 0 fully saturated rings. The first-order valence-corrected chi connectivity index (χ1v) is 4.20. The minimum Gasteiger partial charge on any atom is -0.494 e. The molecule has 0 saturated heterocycles. The molecule has 3 nitrogen and oxygen atoms in total. The third-order valence-corrected chi connectivity index (χ3v) is 2.01. The van der Waals surface area contributed by atoms with Crippen LogP contribution in [0, 0.1) is 5.82 Å². The van der Waals surface area contributed by atoms with Crippen LogP contribution in [0.2, 0.25) is 0 Å². The minimum atomic E-state index is -1.12. The van der Waals surface area contributed by atoms with Crippen LogP contribution in [0.25, 0.3) is 0 Å². The Labute approximate surface area is 81.1 Å². The molecule has 0 bridgehead atoms. The van der Waals surface area contributed by atoms with Gasteiger partial charge in [-0.15, -0.1) is 0 Å². The van der Waals surface area contributed by atoms with Crippen molar-refractivity contribution in [1.82, 2.24) is 0 Å². The predicted molar refractivity (Wildman–Crippen MR) is 49.3 cm³/mol. The Kier molecular flexibility index (Phi) is 3.06. The second kappa shape index (κ2) is 4.09. The van der Waals surface area contributed by atoms with Crippen LogP contribution in [-0.2, 0) is 6.42 Å². The van der Waals surface area contributed by atoms with Gasteiger partial charge in [-0.1, -0.05) is 6.92 Å². The lowest BCUT2D eigenvalue weighted by molar-refractivity contribution is 0.0695. The van der Waals surface area contributed by atoms with Gasteiger partial charge < -0.3 is 9.84 Å². The Balaban J connectivity index is 3.35. The van der Waals surface area contributed by atoms with Crippen molar-refractivity contribution < 1.29 is 19.0 Å². The summed E-state index contributed by atoms with van der Waals surface area (Å²) >= 11 is 0. The smallest absolute Gasteiger partial charge is 0.336 e. The Morgan fingerprint density at radius 2 is 2.21 bits per heavy atom. The largest absolute Gasteiger partial charge is 0.494 e. The monoisotopic (exact) mass is 198 g/mol. The maximum atomic E-state index is 13.5. The first-order chi connectivity index (χ1) is 6.61. The summed E-state index contributed by atoms with van der Waals surface area (Å²) in [5.41, 5.74) is 0.169. The second-order valence-corrected chi connectivity index (χ2v) is 2.77. The van der Waals surface area contributed by atoms with Crippen LogP contribution < -0.4 is 4.74 Å². The van der Waals surface area contributed by atoms with E-state index in [1.165, 1.54) is 19.2 Å². The molecule has 0 heterocycles. The van der Waals surface area contributed by atoms with Gasteiger partial charge in [-0.2, -0.15) is 0 Å². The maximum absolute atomic E-state index is 13.5. The number of ether oxygens (including phenoxy) is 1. The third-order valence-electron chi connectivity index (χ3n) is 2.01. The predicted octanol–water partition coefficient (Wildman–Crippen LogP) is 2.09. The van der Waals surface area contributed by atoms with Crippen LogP contribution >= 0.6 is 0 Å². The number of aromatic carboxylic acids is 1. The lowest BCUT2D eigenvalue weighted by atomic mass is 10.0. The molecule has 0 aliphatic carbocycles. The molecule has 14 heavy (non-hydrogen) atoms. The van der Waals surface area contributed by atoms with Crippen LogP contribution in [0.5, 0.6) is 5.75 Å². The van der Waals surface area contributed by atoms with Gasteiger partial charge in [0, 0.05) is 5.56 Å². The Morgan fingerprint density at radius 1 is 1.57 bits per heavy atom. The molecule has 4 heteroatoms. The Morgan fingerprint density at radius 3 is 2.64 bits per heavy atom. The van der Waals surface area contributed by atoms with E-state index >= 15 is 0 Å². The van der Waals surface area contributed by atoms with Crippen LogP contribution in [0.1, 0.15) is 22.8 Å². The number of rotatable bonds is 3. The fourth-order valence-electron chi connectivity index (χ4n) is 1.30. The molecule has 1 aromatic rings. The number of carboxylic acid groups (broad SMARTS) is 1. The standard InChI is InChI=1S/C10H11FO3/c1-3-6-7(10(12)13)4-5-8(14-2)9(6)11/h4-5H,3H2,1-2H3,(H,12,13). The van der Waals surface area contributed by atoms with Crippen molar-refractivity contribution >= 4 is 5.97 Å². The summed E-state index contributed by atoms with van der Waals surface area (Å²) in [4.78, 5) is 10.7. The average Bonchev–Trinajstić information content (AvgIpc) is 2.17. The van der Waals surface area contributed by atoms with Crippen LogP contribution in [0.4, 0.5) is 4.39 Å². The average molecular weight is 198 g/mol. The van der Waals surface area contributed by atoms with Crippen molar-refractivity contribution in [2.45, 2.75) is 13.3 Å². The molecule has 0 unspecified atom stereocenters. The number of methoxy groups -OCH3 is 1. The van der Waals surface area contributed by atoms with Crippen molar-refractivity contribution in [3.8, 4) is 5.75 Å². The van der Waals surface area contributed by atoms with E-state index < -0.39 is 11.8 Å². The lowest BCUT2D eigenvalue weighted by Gasteiger charge is -2.08. The quantitative estimate of drug-likeness (QED) is 0.808. The zero-order chi connectivity index (χ0) is 10.7. The van der Waals surface area contributed by atoms with E-state index in [4.69, 9.17) is 9.84 Å². The highest BCUT2D eigenvalue weighted by atomic mass is 19.1. The maximum Gasteiger partial charge on any atom is 0.336 e. The molecule has 1 aromatic carbocycles. The fourth-order valence-corrected chi connectivity index (χ4v) is 1.30. The molecule has 0 radical (unpaired) electrons. The van der Waals surface area contributed by atoms with Gasteiger partial charge in [0.05, 0.1) is 12.7 Å². The minimum absolute atomic E-state index is 0.00852. The fraction of sp³-hybridized carbons (Fsp3) is 0.300. The second-order valence-electron chi connectivity index (χ2n) is 2.77. The molecule has 1 rings (SSSR count). The zero-order valence-electron chi connectivity index (χ0n) is 8.00. The van der Waals surface area contributed by atoms with Gasteiger partial charge in [-0.05, 0) is 18.6 Å². The highest BCUT2D eigenvalue weighted by Gasteiger charge is 2.16. The van der Waals surface area contributed by atoms with Crippen LogP contribution in [0.3, 0.4) is 0 Å². The Bertz CT molecular complexity index is 361. The number of carboxylic acids is 1. The summed E-state index contributed by atoms with van der Waals surface area (Å²) in [7, 11) is 1.35. The highest BCUT2D eigenvalue weighted by molar-refractivity contribution is 5.89. The van der Waals surface area contributed by atoms with Crippen molar-refractivity contribution in [3.63, 3.8) is 0 Å². The lowest BCUT2D eigenvalue weighted by Crippen LogP contribution is -2.05. The number of hydrogen-bond donors (Lipinski definition) is 1. The number of hydrogen-bond acceptors (Lipinski definition) is 2. The van der Waals surface area contributed by atoms with Gasteiger partial charge in [0.15, 0.2) is 11.6 Å². The molecule has 0 aliphatic heterocycles. The number of benzene rings is 1. The summed E-state index contributed by atoms with van der Waals surface area (Å²) in [6.07, 6.45) is 0.324. The van der Waals surface area contributed by atoms with Gasteiger partial charge >= 0.3 is 5.97 Å². The molecule has 0 aliphatic rings. The topological polar surface area (TPSA) is 46.5 Å².